The Kier molecular flexibility index (Phi) is 8.37. The molecule has 9 nitrogen and oxygen atoms in total. The molecule has 1 atom stereocenters. The molecule has 0 aliphatic carbocycles. The largest absolute Gasteiger partial charge is 0.497 e. The Morgan fingerprint density at radius 2 is 1.68 bits per heavy atom. The molecule has 9 heteroatoms. The molecular formula is C29H27NO8. The van der Waals surface area contributed by atoms with Crippen LogP contribution in [-0.2, 0) is 14.3 Å². The van der Waals surface area contributed by atoms with Gasteiger partial charge in [0.2, 0.25) is 5.91 Å². The molecule has 0 N–H and O–H groups in total. The molecule has 1 heterocycles. The fourth-order valence-electron chi connectivity index (χ4n) is 4.02. The third-order valence-electron chi connectivity index (χ3n) is 5.95. The molecule has 3 aromatic rings. The van der Waals surface area contributed by atoms with Crippen LogP contribution in [0.2, 0.25) is 0 Å². The Bertz CT molecular complexity index is 1330. The van der Waals surface area contributed by atoms with Gasteiger partial charge in [0.25, 0.3) is 0 Å². The summed E-state index contributed by atoms with van der Waals surface area (Å²) in [5, 5.41) is 0. The van der Waals surface area contributed by atoms with E-state index in [1.807, 2.05) is 13.0 Å². The first-order valence-electron chi connectivity index (χ1n) is 12.1. The van der Waals surface area contributed by atoms with E-state index in [0.717, 1.165) is 0 Å². The molecule has 1 amide bonds. The van der Waals surface area contributed by atoms with Gasteiger partial charge in [-0.1, -0.05) is 18.2 Å². The Morgan fingerprint density at radius 3 is 2.42 bits per heavy atom. The number of anilines is 1. The monoisotopic (exact) mass is 517 g/mol. The van der Waals surface area contributed by atoms with Crippen LogP contribution < -0.4 is 19.1 Å². The van der Waals surface area contributed by atoms with Crippen molar-refractivity contribution >= 4 is 29.3 Å². The van der Waals surface area contributed by atoms with Crippen molar-refractivity contribution in [3.8, 4) is 17.2 Å². The number of rotatable bonds is 10. The summed E-state index contributed by atoms with van der Waals surface area (Å²) in [6, 6.07) is 19.6. The van der Waals surface area contributed by atoms with Gasteiger partial charge in [-0.2, -0.15) is 0 Å². The molecule has 4 rings (SSSR count). The lowest BCUT2D eigenvalue weighted by Crippen LogP contribution is -2.27. The second kappa shape index (κ2) is 12.1. The van der Waals surface area contributed by atoms with Gasteiger partial charge in [-0.05, 0) is 61.5 Å². The summed E-state index contributed by atoms with van der Waals surface area (Å²) in [6.45, 7) is 1.96. The minimum Gasteiger partial charge on any atom is -0.497 e. The first-order chi connectivity index (χ1) is 18.4. The number of carbonyl (C=O) groups excluding carboxylic acids is 4. The minimum atomic E-state index is -0.691. The maximum Gasteiger partial charge on any atom is 0.343 e. The van der Waals surface area contributed by atoms with E-state index >= 15 is 0 Å². The first-order valence-corrected chi connectivity index (χ1v) is 12.1. The summed E-state index contributed by atoms with van der Waals surface area (Å²) >= 11 is 0. The van der Waals surface area contributed by atoms with Gasteiger partial charge in [0.05, 0.1) is 30.9 Å². The number of Topliss-reactive ketones (excluding diaryl/α,β-unsaturated/α-hetero) is 1. The van der Waals surface area contributed by atoms with Gasteiger partial charge in [0.15, 0.2) is 12.4 Å². The van der Waals surface area contributed by atoms with Gasteiger partial charge >= 0.3 is 11.9 Å². The van der Waals surface area contributed by atoms with Gasteiger partial charge < -0.3 is 23.8 Å². The topological polar surface area (TPSA) is 108 Å². The van der Waals surface area contributed by atoms with Crippen molar-refractivity contribution < 1.29 is 38.1 Å². The number of ketones is 1. The summed E-state index contributed by atoms with van der Waals surface area (Å²) in [7, 11) is 1.50. The standard InChI is InChI=1S/C29H27NO8/c1-3-36-26-10-5-4-9-24(26)30-17-21(16-27(30)32)28(33)37-18-25(31)19-11-13-22(14-12-19)38-29(34)20-7-6-8-23(15-20)35-2/h4-15,21H,3,16-18H2,1-2H3/t21-/m1/s1. The quantitative estimate of drug-likeness (QED) is 0.225. The van der Waals surface area contributed by atoms with Crippen LogP contribution in [-0.4, -0.2) is 50.5 Å². The highest BCUT2D eigenvalue weighted by molar-refractivity contribution is 6.01. The molecule has 3 aromatic carbocycles. The van der Waals surface area contributed by atoms with Crippen LogP contribution in [0.4, 0.5) is 5.69 Å². The second-order valence-electron chi connectivity index (χ2n) is 8.48. The summed E-state index contributed by atoms with van der Waals surface area (Å²) in [5.41, 5.74) is 1.20. The molecule has 1 aliphatic rings. The van der Waals surface area contributed by atoms with Crippen LogP contribution in [0.15, 0.2) is 72.8 Å². The van der Waals surface area contributed by atoms with Crippen LogP contribution >= 0.6 is 0 Å². The zero-order valence-corrected chi connectivity index (χ0v) is 21.0. The second-order valence-corrected chi connectivity index (χ2v) is 8.48. The fourth-order valence-corrected chi connectivity index (χ4v) is 4.02. The van der Waals surface area contributed by atoms with Gasteiger partial charge in [0.1, 0.15) is 17.2 Å². The third kappa shape index (κ3) is 6.18. The molecule has 0 radical (unpaired) electrons. The zero-order chi connectivity index (χ0) is 27.1. The Hall–Kier alpha value is -4.66. The summed E-state index contributed by atoms with van der Waals surface area (Å²) in [5.74, 6) is -1.18. The molecule has 1 saturated heterocycles. The highest BCUT2D eigenvalue weighted by Crippen LogP contribution is 2.33. The van der Waals surface area contributed by atoms with Crippen molar-refractivity contribution in [3.05, 3.63) is 83.9 Å². The maximum absolute atomic E-state index is 12.6. The molecule has 0 saturated carbocycles. The third-order valence-corrected chi connectivity index (χ3v) is 5.95. The van der Waals surface area contributed by atoms with Crippen LogP contribution in [0.3, 0.4) is 0 Å². The molecular weight excluding hydrogens is 490 g/mol. The van der Waals surface area contributed by atoms with Crippen molar-refractivity contribution in [2.24, 2.45) is 5.92 Å². The summed E-state index contributed by atoms with van der Waals surface area (Å²) in [6.07, 6.45) is -0.0131. The normalized spacial score (nSPS) is 14.6. The van der Waals surface area contributed by atoms with E-state index in [9.17, 15) is 19.2 Å². The van der Waals surface area contributed by atoms with Crippen LogP contribution in [0.25, 0.3) is 0 Å². The maximum atomic E-state index is 12.6. The molecule has 1 fully saturated rings. The van der Waals surface area contributed by atoms with Gasteiger partial charge in [-0.15, -0.1) is 0 Å². The fraction of sp³-hybridized carbons (Fsp3) is 0.241. The van der Waals surface area contributed by atoms with Gasteiger partial charge in [0, 0.05) is 18.5 Å². The molecule has 0 unspecified atom stereocenters. The number of para-hydroxylation sites is 2. The molecule has 1 aliphatic heterocycles. The van der Waals surface area contributed by atoms with Gasteiger partial charge in [-0.25, -0.2) is 4.79 Å². The van der Waals surface area contributed by atoms with Gasteiger partial charge in [-0.3, -0.25) is 14.4 Å². The van der Waals surface area contributed by atoms with E-state index in [4.69, 9.17) is 18.9 Å². The van der Waals surface area contributed by atoms with Crippen molar-refractivity contribution in [1.29, 1.82) is 0 Å². The van der Waals surface area contributed by atoms with E-state index in [1.54, 1.807) is 42.5 Å². The Morgan fingerprint density at radius 1 is 0.921 bits per heavy atom. The van der Waals surface area contributed by atoms with Crippen molar-refractivity contribution in [3.63, 3.8) is 0 Å². The number of nitrogens with zero attached hydrogens (tertiary/aromatic N) is 1. The number of methoxy groups -OCH3 is 1. The minimum absolute atomic E-state index is 0.0131. The first kappa shape index (κ1) is 26.4. The highest BCUT2D eigenvalue weighted by atomic mass is 16.5. The lowest BCUT2D eigenvalue weighted by molar-refractivity contribution is -0.147. The SMILES string of the molecule is CCOc1ccccc1N1C[C@H](C(=O)OCC(=O)c2ccc(OC(=O)c3cccc(OC)c3)cc2)CC1=O. The number of hydrogen-bond donors (Lipinski definition) is 0. The molecule has 0 aromatic heterocycles. The molecule has 0 bridgehead atoms. The number of amides is 1. The molecule has 196 valence electrons. The van der Waals surface area contributed by atoms with E-state index in [0.29, 0.717) is 29.4 Å². The summed E-state index contributed by atoms with van der Waals surface area (Å²) < 4.78 is 21.3. The number of hydrogen-bond acceptors (Lipinski definition) is 8. The Balaban J connectivity index is 1.30. The number of ether oxygens (including phenoxy) is 4. The van der Waals surface area contributed by atoms with E-state index in [2.05, 4.69) is 0 Å². The van der Waals surface area contributed by atoms with Crippen LogP contribution in [0.1, 0.15) is 34.1 Å². The van der Waals surface area contributed by atoms with Crippen LogP contribution in [0.5, 0.6) is 17.2 Å². The van der Waals surface area contributed by atoms with E-state index in [1.165, 1.54) is 36.3 Å². The average molecular weight is 518 g/mol. The lowest BCUT2D eigenvalue weighted by atomic mass is 10.1. The smallest absolute Gasteiger partial charge is 0.343 e. The van der Waals surface area contributed by atoms with Crippen molar-refractivity contribution in [1.82, 2.24) is 0 Å². The van der Waals surface area contributed by atoms with Crippen LogP contribution in [0, 0.1) is 5.92 Å². The Labute approximate surface area is 219 Å². The lowest BCUT2D eigenvalue weighted by Gasteiger charge is -2.19. The van der Waals surface area contributed by atoms with Crippen molar-refractivity contribution in [2.75, 3.05) is 31.8 Å². The van der Waals surface area contributed by atoms with Crippen molar-refractivity contribution in [2.45, 2.75) is 13.3 Å². The number of carbonyl (C=O) groups is 4. The predicted molar refractivity (Wildman–Crippen MR) is 138 cm³/mol. The highest BCUT2D eigenvalue weighted by Gasteiger charge is 2.37. The number of benzene rings is 3. The van der Waals surface area contributed by atoms with E-state index in [-0.39, 0.29) is 30.2 Å². The predicted octanol–water partition coefficient (Wildman–Crippen LogP) is 4.09. The summed E-state index contributed by atoms with van der Waals surface area (Å²) in [4.78, 5) is 51.6. The molecule has 0 spiro atoms. The van der Waals surface area contributed by atoms with E-state index < -0.39 is 30.2 Å². The molecule has 38 heavy (non-hydrogen) atoms. The average Bonchev–Trinajstić information content (AvgIpc) is 3.33. The number of esters is 2. The zero-order valence-electron chi connectivity index (χ0n) is 21.0.